The third-order valence-corrected chi connectivity index (χ3v) is 5.56. The van der Waals surface area contributed by atoms with Crippen molar-refractivity contribution in [2.45, 2.75) is 65.6 Å². The van der Waals surface area contributed by atoms with Gasteiger partial charge in [-0.15, -0.1) is 0 Å². The topological polar surface area (TPSA) is 36.9 Å². The smallest absolute Gasteiger partial charge is 0.135 e. The molecule has 0 aliphatic rings. The van der Waals surface area contributed by atoms with E-state index in [0.29, 0.717) is 13.2 Å². The first-order valence-electron chi connectivity index (χ1n) is 12.1. The molecule has 2 atom stereocenters. The molecule has 0 aliphatic carbocycles. The summed E-state index contributed by atoms with van der Waals surface area (Å²) in [5, 5.41) is 4.23. The molecule has 0 fully saturated rings. The lowest BCUT2D eigenvalue weighted by Crippen LogP contribution is -2.19. The van der Waals surface area contributed by atoms with Crippen LogP contribution in [0.4, 0.5) is 0 Å². The molecule has 0 bridgehead atoms. The van der Waals surface area contributed by atoms with Crippen molar-refractivity contribution in [2.24, 2.45) is 0 Å². The summed E-state index contributed by atoms with van der Waals surface area (Å²) in [4.78, 5) is 0. The van der Waals surface area contributed by atoms with Crippen molar-refractivity contribution in [2.75, 3.05) is 26.4 Å². The number of fused-ring (bicyclic) bond motifs is 2. The predicted octanol–water partition coefficient (Wildman–Crippen LogP) is 7.16. The first-order chi connectivity index (χ1) is 15.7. The van der Waals surface area contributed by atoms with Crippen LogP contribution < -0.4 is 9.47 Å². The van der Waals surface area contributed by atoms with E-state index in [9.17, 15) is 0 Å². The van der Waals surface area contributed by atoms with E-state index in [4.69, 9.17) is 18.9 Å². The minimum Gasteiger partial charge on any atom is -0.490 e. The highest BCUT2D eigenvalue weighted by molar-refractivity contribution is 6.11. The maximum absolute atomic E-state index is 6.37. The summed E-state index contributed by atoms with van der Waals surface area (Å²) in [7, 11) is 0. The van der Waals surface area contributed by atoms with Crippen molar-refractivity contribution in [1.29, 1.82) is 0 Å². The quantitative estimate of drug-likeness (QED) is 0.198. The molecule has 0 saturated carbocycles. The monoisotopic (exact) mass is 438 g/mol. The van der Waals surface area contributed by atoms with Crippen molar-refractivity contribution in [1.82, 2.24) is 0 Å². The van der Waals surface area contributed by atoms with Gasteiger partial charge in [0.25, 0.3) is 0 Å². The van der Waals surface area contributed by atoms with E-state index in [-0.39, 0.29) is 12.2 Å². The molecule has 4 heteroatoms. The molecule has 32 heavy (non-hydrogen) atoms. The summed E-state index contributed by atoms with van der Waals surface area (Å²) < 4.78 is 24.5. The molecule has 0 amide bonds. The fourth-order valence-electron chi connectivity index (χ4n) is 3.71. The van der Waals surface area contributed by atoms with Crippen LogP contribution in [0.1, 0.15) is 53.4 Å². The highest BCUT2D eigenvalue weighted by Gasteiger charge is 2.17. The van der Waals surface area contributed by atoms with Crippen LogP contribution in [-0.4, -0.2) is 38.6 Å². The molecule has 3 rings (SSSR count). The molecule has 0 N–H and O–H groups in total. The zero-order valence-electron chi connectivity index (χ0n) is 20.1. The van der Waals surface area contributed by atoms with Gasteiger partial charge >= 0.3 is 0 Å². The third-order valence-electron chi connectivity index (χ3n) is 5.56. The second-order valence-corrected chi connectivity index (χ2v) is 8.44. The Morgan fingerprint density at radius 1 is 0.594 bits per heavy atom. The number of ether oxygens (including phenoxy) is 4. The van der Waals surface area contributed by atoms with Crippen LogP contribution in [0.2, 0.25) is 0 Å². The van der Waals surface area contributed by atoms with Crippen molar-refractivity contribution in [3.8, 4) is 11.5 Å². The Balaban J connectivity index is 1.87. The molecule has 174 valence electrons. The van der Waals surface area contributed by atoms with Gasteiger partial charge in [0.2, 0.25) is 0 Å². The first kappa shape index (κ1) is 24.3. The Hall–Kier alpha value is -2.30. The van der Waals surface area contributed by atoms with Gasteiger partial charge in [-0.2, -0.15) is 0 Å². The number of hydrogen-bond acceptors (Lipinski definition) is 4. The average molecular weight is 439 g/mol. The normalized spacial score (nSPS) is 13.4. The van der Waals surface area contributed by atoms with E-state index in [1.54, 1.807) is 0 Å². The molecule has 0 heterocycles. The van der Waals surface area contributed by atoms with Crippen LogP contribution in [0.15, 0.2) is 48.5 Å². The second kappa shape index (κ2) is 12.7. The SMILES string of the molecule is CCCCOC(C)COc1c2ccccc2c(OCC(C)OCCCC)c2ccccc12. The third kappa shape index (κ3) is 6.36. The Bertz CT molecular complexity index is 833. The van der Waals surface area contributed by atoms with Gasteiger partial charge in [0.15, 0.2) is 0 Å². The molecule has 0 aliphatic heterocycles. The van der Waals surface area contributed by atoms with Crippen molar-refractivity contribution in [3.05, 3.63) is 48.5 Å². The summed E-state index contributed by atoms with van der Waals surface area (Å²) in [5.74, 6) is 1.78. The van der Waals surface area contributed by atoms with Crippen molar-refractivity contribution >= 4 is 21.5 Å². The summed E-state index contributed by atoms with van der Waals surface area (Å²) in [6, 6.07) is 16.6. The highest BCUT2D eigenvalue weighted by atomic mass is 16.5. The van der Waals surface area contributed by atoms with Crippen LogP contribution >= 0.6 is 0 Å². The van der Waals surface area contributed by atoms with E-state index < -0.39 is 0 Å². The maximum Gasteiger partial charge on any atom is 0.135 e. The Morgan fingerprint density at radius 2 is 0.938 bits per heavy atom. The van der Waals surface area contributed by atoms with Crippen LogP contribution in [0.3, 0.4) is 0 Å². The molecule has 0 aromatic heterocycles. The van der Waals surface area contributed by atoms with Gasteiger partial charge in [-0.25, -0.2) is 0 Å². The van der Waals surface area contributed by atoms with E-state index in [1.807, 2.05) is 24.3 Å². The van der Waals surface area contributed by atoms with Gasteiger partial charge in [0, 0.05) is 34.8 Å². The zero-order chi connectivity index (χ0) is 22.8. The summed E-state index contributed by atoms with van der Waals surface area (Å²) in [6.07, 6.45) is 4.48. The van der Waals surface area contributed by atoms with Crippen LogP contribution in [0.5, 0.6) is 11.5 Å². The molecule has 3 aromatic rings. The predicted molar refractivity (Wildman–Crippen MR) is 133 cm³/mol. The Kier molecular flexibility index (Phi) is 9.63. The maximum atomic E-state index is 6.37. The molecular formula is C28H38O4. The van der Waals surface area contributed by atoms with E-state index in [0.717, 1.165) is 71.9 Å². The lowest BCUT2D eigenvalue weighted by Gasteiger charge is -2.21. The van der Waals surface area contributed by atoms with E-state index in [2.05, 4.69) is 52.0 Å². The second-order valence-electron chi connectivity index (χ2n) is 8.44. The minimum atomic E-state index is 0.0381. The number of hydrogen-bond donors (Lipinski definition) is 0. The van der Waals surface area contributed by atoms with Gasteiger partial charge in [0.1, 0.15) is 24.7 Å². The zero-order valence-corrected chi connectivity index (χ0v) is 20.1. The lowest BCUT2D eigenvalue weighted by molar-refractivity contribution is 0.0310. The molecule has 2 unspecified atom stereocenters. The highest BCUT2D eigenvalue weighted by Crippen LogP contribution is 2.42. The van der Waals surface area contributed by atoms with Crippen LogP contribution in [-0.2, 0) is 9.47 Å². The number of unbranched alkanes of at least 4 members (excludes halogenated alkanes) is 2. The van der Waals surface area contributed by atoms with Crippen LogP contribution in [0.25, 0.3) is 21.5 Å². The standard InChI is InChI=1S/C28H38O4/c1-5-7-17-29-21(3)19-31-27-23-13-9-11-15-25(23)28(26-16-12-10-14-24(26)27)32-20-22(4)30-18-8-6-2/h9-16,21-22H,5-8,17-20H2,1-4H3. The van der Waals surface area contributed by atoms with Crippen molar-refractivity contribution in [3.63, 3.8) is 0 Å². The van der Waals surface area contributed by atoms with Gasteiger partial charge in [-0.3, -0.25) is 0 Å². The fourth-order valence-corrected chi connectivity index (χ4v) is 3.71. The van der Waals surface area contributed by atoms with Crippen molar-refractivity contribution < 1.29 is 18.9 Å². The minimum absolute atomic E-state index is 0.0381. The summed E-state index contributed by atoms with van der Waals surface area (Å²) in [6.45, 7) is 11.0. The van der Waals surface area contributed by atoms with Gasteiger partial charge < -0.3 is 18.9 Å². The Morgan fingerprint density at radius 3 is 1.25 bits per heavy atom. The van der Waals surface area contributed by atoms with Gasteiger partial charge in [-0.1, -0.05) is 75.2 Å². The number of benzene rings is 3. The fraction of sp³-hybridized carbons (Fsp3) is 0.500. The average Bonchev–Trinajstić information content (AvgIpc) is 2.81. The first-order valence-corrected chi connectivity index (χ1v) is 12.1. The lowest BCUT2D eigenvalue weighted by atomic mass is 10.0. The molecule has 4 nitrogen and oxygen atoms in total. The largest absolute Gasteiger partial charge is 0.490 e. The number of rotatable bonds is 14. The molecule has 3 aromatic carbocycles. The molecule has 0 saturated heterocycles. The molecule has 0 radical (unpaired) electrons. The van der Waals surface area contributed by atoms with E-state index in [1.165, 1.54) is 0 Å². The summed E-state index contributed by atoms with van der Waals surface area (Å²) in [5.41, 5.74) is 0. The Labute approximate surface area is 192 Å². The van der Waals surface area contributed by atoms with Crippen LogP contribution in [0, 0.1) is 0 Å². The van der Waals surface area contributed by atoms with E-state index >= 15 is 0 Å². The van der Waals surface area contributed by atoms with Gasteiger partial charge in [0.05, 0.1) is 12.2 Å². The summed E-state index contributed by atoms with van der Waals surface area (Å²) >= 11 is 0. The molecular weight excluding hydrogens is 400 g/mol. The van der Waals surface area contributed by atoms with Gasteiger partial charge in [-0.05, 0) is 26.7 Å². The molecule has 0 spiro atoms.